The van der Waals surface area contributed by atoms with Gasteiger partial charge in [0.25, 0.3) is 0 Å². The number of nitrogens with one attached hydrogen (secondary N) is 4. The third kappa shape index (κ3) is 13.8. The van der Waals surface area contributed by atoms with Gasteiger partial charge in [-0.05, 0) is 128 Å². The van der Waals surface area contributed by atoms with E-state index in [9.17, 15) is 0 Å². The summed E-state index contributed by atoms with van der Waals surface area (Å²) in [5.41, 5.74) is 16.8. The number of para-hydroxylation sites is 2. The van der Waals surface area contributed by atoms with Crippen LogP contribution in [0.15, 0.2) is 159 Å². The minimum Gasteiger partial charge on any atom is -0.381 e. The molecule has 5 aromatic carbocycles. The molecule has 3 aliphatic rings. The normalized spacial score (nSPS) is 14.6. The third-order valence-corrected chi connectivity index (χ3v) is 13.7. The smallest absolute Gasteiger partial charge is 0.0890 e. The van der Waals surface area contributed by atoms with E-state index in [1.807, 2.05) is 30.6 Å². The molecular formula is C60H70N14. The fourth-order valence-electron chi connectivity index (χ4n) is 9.87. The van der Waals surface area contributed by atoms with E-state index in [0.29, 0.717) is 0 Å². The predicted octanol–water partition coefficient (Wildman–Crippen LogP) is 10.8. The Labute approximate surface area is 436 Å². The van der Waals surface area contributed by atoms with Crippen molar-refractivity contribution in [2.75, 3.05) is 77.7 Å². The van der Waals surface area contributed by atoms with Gasteiger partial charge >= 0.3 is 0 Å². The van der Waals surface area contributed by atoms with Crippen molar-refractivity contribution in [3.8, 4) is 0 Å². The van der Waals surface area contributed by atoms with Crippen LogP contribution in [0.1, 0.15) is 68.2 Å². The molecule has 380 valence electrons. The SMILES string of the molecule is C.c1cc(N2CCCCC2)c(CNCc2ccc3nccnc3c2)cn1.c1cc(NCc2ccc3nccnc3c2)cc(N2CCCCC2)c1.c1ccc(N2CCNCC2)c(NCc2ccc3nccnc3c2)c1. The molecule has 0 aliphatic carbocycles. The zero-order valence-electron chi connectivity index (χ0n) is 41.7. The van der Waals surface area contributed by atoms with Gasteiger partial charge < -0.3 is 36.0 Å². The zero-order valence-corrected chi connectivity index (χ0v) is 41.7. The number of benzene rings is 5. The number of hydrogen-bond donors (Lipinski definition) is 4. The minimum absolute atomic E-state index is 0. The van der Waals surface area contributed by atoms with Gasteiger partial charge in [0.2, 0.25) is 0 Å². The Morgan fingerprint density at radius 3 is 1.55 bits per heavy atom. The third-order valence-electron chi connectivity index (χ3n) is 13.7. The number of piperazine rings is 1. The molecule has 9 aromatic rings. The summed E-state index contributed by atoms with van der Waals surface area (Å²) in [5, 5.41) is 14.1. The standard InChI is InChI=1S/C20H23N5.C20H22N4.C19H21N5.CH4/c1-2-10-25(11-3-1)20-6-7-21-14-17(20)15-22-13-16-4-5-18-19(12-16)24-9-8-23-18;1-2-11-24(12-3-1)18-6-4-5-17(14-18)23-15-16-7-8-19-20(13-16)22-10-9-21-19;1-2-4-19(24-11-9-20-10-12-24)17(3-1)23-14-15-5-6-16-18(13-15)22-8-7-21-16;/h4-9,12,14,22H,1-3,10-11,13,15H2;4-10,13-14,23H,1-3,11-12,15H2;1-8,13,20,23H,9-12,14H2;1H4. The summed E-state index contributed by atoms with van der Waals surface area (Å²) in [6.45, 7) is 12.0. The maximum atomic E-state index is 4.38. The molecule has 0 spiro atoms. The average molecular weight is 987 g/mol. The Bertz CT molecular complexity index is 3170. The van der Waals surface area contributed by atoms with Crippen LogP contribution in [0, 0.1) is 0 Å². The first-order valence-corrected chi connectivity index (χ1v) is 26.0. The van der Waals surface area contributed by atoms with Gasteiger partial charge in [0, 0.05) is 151 Å². The molecule has 3 aliphatic heterocycles. The van der Waals surface area contributed by atoms with Crippen LogP contribution in [0.2, 0.25) is 0 Å². The van der Waals surface area contributed by atoms with E-state index in [-0.39, 0.29) is 7.43 Å². The second-order valence-corrected chi connectivity index (χ2v) is 18.9. The largest absolute Gasteiger partial charge is 0.381 e. The van der Waals surface area contributed by atoms with Crippen LogP contribution < -0.4 is 36.0 Å². The monoisotopic (exact) mass is 987 g/mol. The summed E-state index contributed by atoms with van der Waals surface area (Å²) in [5.74, 6) is 0. The average Bonchev–Trinajstić information content (AvgIpc) is 3.47. The van der Waals surface area contributed by atoms with Crippen molar-refractivity contribution in [2.24, 2.45) is 0 Å². The highest BCUT2D eigenvalue weighted by molar-refractivity contribution is 5.76. The van der Waals surface area contributed by atoms with Crippen LogP contribution in [0.25, 0.3) is 33.1 Å². The zero-order chi connectivity index (χ0) is 49.3. The van der Waals surface area contributed by atoms with E-state index < -0.39 is 0 Å². The lowest BCUT2D eigenvalue weighted by atomic mass is 10.1. The molecule has 0 atom stereocenters. The summed E-state index contributed by atoms with van der Waals surface area (Å²) in [6.07, 6.45) is 22.2. The van der Waals surface area contributed by atoms with Gasteiger partial charge in [0.05, 0.1) is 44.5 Å². The van der Waals surface area contributed by atoms with Crippen molar-refractivity contribution >= 4 is 61.5 Å². The van der Waals surface area contributed by atoms with Gasteiger partial charge in [-0.1, -0.05) is 43.8 Å². The summed E-state index contributed by atoms with van der Waals surface area (Å²) in [6, 6.07) is 38.1. The molecule has 4 aromatic heterocycles. The molecule has 14 nitrogen and oxygen atoms in total. The number of pyridine rings is 1. The lowest BCUT2D eigenvalue weighted by Gasteiger charge is -2.31. The van der Waals surface area contributed by atoms with Gasteiger partial charge in [0.15, 0.2) is 0 Å². The Balaban J connectivity index is 0.000000135. The number of anilines is 5. The molecular weight excluding hydrogens is 917 g/mol. The molecule has 0 amide bonds. The summed E-state index contributed by atoms with van der Waals surface area (Å²) in [7, 11) is 0. The Morgan fingerprint density at radius 2 is 0.946 bits per heavy atom. The quantitative estimate of drug-likeness (QED) is 0.0868. The fourth-order valence-corrected chi connectivity index (χ4v) is 9.87. The number of hydrogen-bond acceptors (Lipinski definition) is 14. The lowest BCUT2D eigenvalue weighted by molar-refractivity contribution is 0.574. The number of fused-ring (bicyclic) bond motifs is 3. The van der Waals surface area contributed by atoms with Crippen LogP contribution in [0.3, 0.4) is 0 Å². The van der Waals surface area contributed by atoms with Crippen molar-refractivity contribution in [3.05, 3.63) is 181 Å². The molecule has 3 fully saturated rings. The van der Waals surface area contributed by atoms with E-state index in [1.165, 1.54) is 96.6 Å². The number of rotatable bonds is 13. The van der Waals surface area contributed by atoms with E-state index in [4.69, 9.17) is 0 Å². The first kappa shape index (κ1) is 51.1. The van der Waals surface area contributed by atoms with Crippen LogP contribution in [0.4, 0.5) is 28.4 Å². The molecule has 0 unspecified atom stereocenters. The van der Waals surface area contributed by atoms with Crippen molar-refractivity contribution in [1.82, 2.24) is 45.5 Å². The second-order valence-electron chi connectivity index (χ2n) is 18.9. The molecule has 4 N–H and O–H groups in total. The Kier molecular flexibility index (Phi) is 18.1. The van der Waals surface area contributed by atoms with Crippen LogP contribution in [-0.4, -0.2) is 87.2 Å². The van der Waals surface area contributed by atoms with Crippen LogP contribution >= 0.6 is 0 Å². The predicted molar refractivity (Wildman–Crippen MR) is 305 cm³/mol. The van der Waals surface area contributed by atoms with Crippen LogP contribution in [-0.2, 0) is 26.2 Å². The topological polar surface area (TPSA) is 148 Å². The minimum atomic E-state index is 0. The van der Waals surface area contributed by atoms with Crippen LogP contribution in [0.5, 0.6) is 0 Å². The molecule has 0 radical (unpaired) electrons. The number of nitrogens with zero attached hydrogens (tertiary/aromatic N) is 10. The van der Waals surface area contributed by atoms with Crippen molar-refractivity contribution < 1.29 is 0 Å². The highest BCUT2D eigenvalue weighted by Gasteiger charge is 2.16. The molecule has 3 saturated heterocycles. The van der Waals surface area contributed by atoms with Gasteiger partial charge in [-0.2, -0.15) is 0 Å². The van der Waals surface area contributed by atoms with Gasteiger partial charge in [0.1, 0.15) is 0 Å². The maximum Gasteiger partial charge on any atom is 0.0890 e. The molecule has 14 heteroatoms. The number of aromatic nitrogens is 7. The van der Waals surface area contributed by atoms with Gasteiger partial charge in [-0.15, -0.1) is 0 Å². The van der Waals surface area contributed by atoms with E-state index in [2.05, 4.69) is 162 Å². The van der Waals surface area contributed by atoms with E-state index >= 15 is 0 Å². The summed E-state index contributed by atoms with van der Waals surface area (Å²) >= 11 is 0. The summed E-state index contributed by atoms with van der Waals surface area (Å²) in [4.78, 5) is 37.8. The highest BCUT2D eigenvalue weighted by atomic mass is 15.2. The van der Waals surface area contributed by atoms with Crippen molar-refractivity contribution in [1.29, 1.82) is 0 Å². The molecule has 7 heterocycles. The Morgan fingerprint density at radius 1 is 0.419 bits per heavy atom. The summed E-state index contributed by atoms with van der Waals surface area (Å²) < 4.78 is 0. The van der Waals surface area contributed by atoms with Crippen molar-refractivity contribution in [2.45, 2.75) is 72.1 Å². The molecule has 0 bridgehead atoms. The van der Waals surface area contributed by atoms with E-state index in [0.717, 1.165) is 104 Å². The van der Waals surface area contributed by atoms with Gasteiger partial charge in [-0.3, -0.25) is 34.9 Å². The second kappa shape index (κ2) is 26.2. The molecule has 0 saturated carbocycles. The maximum absolute atomic E-state index is 4.38. The number of piperidine rings is 2. The first-order chi connectivity index (χ1) is 36.2. The first-order valence-electron chi connectivity index (χ1n) is 26.0. The van der Waals surface area contributed by atoms with Gasteiger partial charge in [-0.25, -0.2) is 0 Å². The lowest BCUT2D eigenvalue weighted by Crippen LogP contribution is -2.43. The molecule has 12 rings (SSSR count). The fraction of sp³-hybridized carbons (Fsp3) is 0.317. The highest BCUT2D eigenvalue weighted by Crippen LogP contribution is 2.28. The van der Waals surface area contributed by atoms with Crippen molar-refractivity contribution in [3.63, 3.8) is 0 Å². The Hall–Kier alpha value is -7.81. The molecule has 74 heavy (non-hydrogen) atoms. The van der Waals surface area contributed by atoms with E-state index in [1.54, 1.807) is 37.2 Å².